The van der Waals surface area contributed by atoms with E-state index in [2.05, 4.69) is 13.8 Å². The Hall–Kier alpha value is -0.720. The molecule has 0 spiro atoms. The fourth-order valence-corrected chi connectivity index (χ4v) is 0.352. The molecule has 1 heteroatoms. The lowest BCUT2D eigenvalue weighted by atomic mass is 10.3. The zero-order valence-electron chi connectivity index (χ0n) is 6.56. The van der Waals surface area contributed by atoms with E-state index >= 15 is 0 Å². The van der Waals surface area contributed by atoms with Gasteiger partial charge in [-0.3, -0.25) is 0 Å². The van der Waals surface area contributed by atoms with E-state index in [0.29, 0.717) is 0 Å². The van der Waals surface area contributed by atoms with E-state index in [1.165, 1.54) is 5.57 Å². The van der Waals surface area contributed by atoms with Crippen LogP contribution in [0, 0.1) is 0 Å². The van der Waals surface area contributed by atoms with Crippen LogP contribution in [0.3, 0.4) is 0 Å². The van der Waals surface area contributed by atoms with Gasteiger partial charge in [0.15, 0.2) is 0 Å². The van der Waals surface area contributed by atoms with E-state index in [9.17, 15) is 0 Å². The van der Waals surface area contributed by atoms with Gasteiger partial charge in [-0.15, -0.1) is 0 Å². The molecule has 0 unspecified atom stereocenters. The summed E-state index contributed by atoms with van der Waals surface area (Å²) < 4.78 is 4.92. The predicted octanol–water partition coefficient (Wildman–Crippen LogP) is 2.50. The fourth-order valence-electron chi connectivity index (χ4n) is 0.352. The second kappa shape index (κ2) is 4.19. The van der Waals surface area contributed by atoms with E-state index < -0.39 is 0 Å². The normalized spacial score (nSPS) is 10.9. The Balaban J connectivity index is 3.83. The maximum atomic E-state index is 4.92. The van der Waals surface area contributed by atoms with Crippen molar-refractivity contribution in [2.24, 2.45) is 0 Å². The van der Waals surface area contributed by atoms with Gasteiger partial charge in [0, 0.05) is 0 Å². The van der Waals surface area contributed by atoms with Crippen molar-refractivity contribution >= 4 is 0 Å². The van der Waals surface area contributed by atoms with Gasteiger partial charge in [0.05, 0.1) is 12.9 Å². The standard InChI is InChI=1S/C8H14O/c1-7(2)5-6-8(3)9-4/h5-6H,1-4H3/b8-6+. The molecule has 0 aromatic rings. The first-order chi connectivity index (χ1) is 4.16. The van der Waals surface area contributed by atoms with Crippen LogP contribution >= 0.6 is 0 Å². The molecule has 0 saturated carbocycles. The lowest BCUT2D eigenvalue weighted by molar-refractivity contribution is 0.294. The summed E-state index contributed by atoms with van der Waals surface area (Å²) in [7, 11) is 1.67. The van der Waals surface area contributed by atoms with Gasteiger partial charge in [0.1, 0.15) is 0 Å². The monoisotopic (exact) mass is 126 g/mol. The fraction of sp³-hybridized carbons (Fsp3) is 0.500. The number of ether oxygens (including phenoxy) is 1. The number of hydrogen-bond acceptors (Lipinski definition) is 1. The molecule has 0 bridgehead atoms. The predicted molar refractivity (Wildman–Crippen MR) is 40.2 cm³/mol. The Morgan fingerprint density at radius 3 is 2.00 bits per heavy atom. The highest BCUT2D eigenvalue weighted by Crippen LogP contribution is 1.95. The quantitative estimate of drug-likeness (QED) is 0.408. The average Bonchev–Trinajstić information content (AvgIpc) is 1.83. The van der Waals surface area contributed by atoms with E-state index in [1.807, 2.05) is 19.1 Å². The van der Waals surface area contributed by atoms with E-state index in [1.54, 1.807) is 7.11 Å². The summed E-state index contributed by atoms with van der Waals surface area (Å²) in [5.74, 6) is 0.941. The molecular weight excluding hydrogens is 112 g/mol. The second-order valence-corrected chi connectivity index (χ2v) is 2.23. The van der Waals surface area contributed by atoms with Crippen molar-refractivity contribution in [3.05, 3.63) is 23.5 Å². The SMILES string of the molecule is CO/C(C)=C/C=C(C)C. The molecule has 0 atom stereocenters. The molecular formula is C8H14O. The molecule has 0 aromatic carbocycles. The zero-order chi connectivity index (χ0) is 7.28. The first-order valence-electron chi connectivity index (χ1n) is 3.02. The van der Waals surface area contributed by atoms with Crippen LogP contribution in [0.4, 0.5) is 0 Å². The highest BCUT2D eigenvalue weighted by Gasteiger charge is 1.78. The van der Waals surface area contributed by atoms with Gasteiger partial charge in [-0.1, -0.05) is 11.6 Å². The van der Waals surface area contributed by atoms with Gasteiger partial charge in [0.25, 0.3) is 0 Å². The van der Waals surface area contributed by atoms with Gasteiger partial charge >= 0.3 is 0 Å². The lowest BCUT2D eigenvalue weighted by Gasteiger charge is -1.94. The van der Waals surface area contributed by atoms with Crippen molar-refractivity contribution in [2.45, 2.75) is 20.8 Å². The molecule has 0 saturated heterocycles. The van der Waals surface area contributed by atoms with Gasteiger partial charge in [-0.25, -0.2) is 0 Å². The molecule has 52 valence electrons. The summed E-state index contributed by atoms with van der Waals surface area (Å²) in [5.41, 5.74) is 1.28. The van der Waals surface area contributed by atoms with Crippen LogP contribution in [0.2, 0.25) is 0 Å². The topological polar surface area (TPSA) is 9.23 Å². The van der Waals surface area contributed by atoms with Crippen LogP contribution in [-0.4, -0.2) is 7.11 Å². The Bertz CT molecular complexity index is 128. The van der Waals surface area contributed by atoms with Crippen molar-refractivity contribution < 1.29 is 4.74 Å². The van der Waals surface area contributed by atoms with Gasteiger partial charge in [-0.2, -0.15) is 0 Å². The molecule has 0 aromatic heterocycles. The first kappa shape index (κ1) is 8.28. The highest BCUT2D eigenvalue weighted by molar-refractivity contribution is 5.10. The smallest absolute Gasteiger partial charge is 0.0924 e. The molecule has 0 heterocycles. The van der Waals surface area contributed by atoms with E-state index in [-0.39, 0.29) is 0 Å². The summed E-state index contributed by atoms with van der Waals surface area (Å²) in [6.07, 6.45) is 3.98. The van der Waals surface area contributed by atoms with Gasteiger partial charge < -0.3 is 4.74 Å². The Morgan fingerprint density at radius 2 is 1.67 bits per heavy atom. The minimum atomic E-state index is 0.941. The lowest BCUT2D eigenvalue weighted by Crippen LogP contribution is -1.76. The van der Waals surface area contributed by atoms with Crippen LogP contribution in [0.25, 0.3) is 0 Å². The van der Waals surface area contributed by atoms with Crippen molar-refractivity contribution in [2.75, 3.05) is 7.11 Å². The molecule has 0 rings (SSSR count). The van der Waals surface area contributed by atoms with Crippen LogP contribution in [0.1, 0.15) is 20.8 Å². The van der Waals surface area contributed by atoms with Crippen LogP contribution in [0.15, 0.2) is 23.5 Å². The van der Waals surface area contributed by atoms with Crippen LogP contribution in [0.5, 0.6) is 0 Å². The molecule has 0 aliphatic heterocycles. The Morgan fingerprint density at radius 1 is 1.11 bits per heavy atom. The molecule has 0 N–H and O–H groups in total. The summed E-state index contributed by atoms with van der Waals surface area (Å²) >= 11 is 0. The second-order valence-electron chi connectivity index (χ2n) is 2.23. The van der Waals surface area contributed by atoms with Crippen molar-refractivity contribution in [1.29, 1.82) is 0 Å². The minimum Gasteiger partial charge on any atom is -0.501 e. The molecule has 0 aliphatic carbocycles. The number of hydrogen-bond donors (Lipinski definition) is 0. The molecule has 0 aliphatic rings. The summed E-state index contributed by atoms with van der Waals surface area (Å²) in [5, 5.41) is 0. The molecule has 0 amide bonds. The molecule has 0 fully saturated rings. The van der Waals surface area contributed by atoms with Gasteiger partial charge in [-0.05, 0) is 26.8 Å². The third-order valence-electron chi connectivity index (χ3n) is 0.973. The largest absolute Gasteiger partial charge is 0.501 e. The van der Waals surface area contributed by atoms with Crippen molar-refractivity contribution in [3.63, 3.8) is 0 Å². The van der Waals surface area contributed by atoms with Crippen molar-refractivity contribution in [3.8, 4) is 0 Å². The minimum absolute atomic E-state index is 0.941. The van der Waals surface area contributed by atoms with Gasteiger partial charge in [0.2, 0.25) is 0 Å². The first-order valence-corrected chi connectivity index (χ1v) is 3.02. The highest BCUT2D eigenvalue weighted by atomic mass is 16.5. The zero-order valence-corrected chi connectivity index (χ0v) is 6.56. The van der Waals surface area contributed by atoms with Crippen LogP contribution < -0.4 is 0 Å². The molecule has 9 heavy (non-hydrogen) atoms. The summed E-state index contributed by atoms with van der Waals surface area (Å²) in [6.45, 7) is 6.04. The average molecular weight is 126 g/mol. The number of methoxy groups -OCH3 is 1. The Labute approximate surface area is 57.0 Å². The third kappa shape index (κ3) is 5.15. The maximum absolute atomic E-state index is 4.92. The Kier molecular flexibility index (Phi) is 3.85. The summed E-state index contributed by atoms with van der Waals surface area (Å²) in [4.78, 5) is 0. The molecule has 1 nitrogen and oxygen atoms in total. The van der Waals surface area contributed by atoms with Crippen molar-refractivity contribution in [1.82, 2.24) is 0 Å². The third-order valence-corrected chi connectivity index (χ3v) is 0.973. The van der Waals surface area contributed by atoms with E-state index in [0.717, 1.165) is 5.76 Å². The number of allylic oxidation sites excluding steroid dienone is 4. The molecule has 0 radical (unpaired) electrons. The number of rotatable bonds is 2. The maximum Gasteiger partial charge on any atom is 0.0924 e. The summed E-state index contributed by atoms with van der Waals surface area (Å²) in [6, 6.07) is 0. The van der Waals surface area contributed by atoms with Crippen LogP contribution in [-0.2, 0) is 4.74 Å². The van der Waals surface area contributed by atoms with E-state index in [4.69, 9.17) is 4.74 Å².